The molecule has 1 unspecified atom stereocenters. The third-order valence-electron chi connectivity index (χ3n) is 6.17. The molecule has 1 N–H and O–H groups in total. The van der Waals surface area contributed by atoms with Gasteiger partial charge in [-0.25, -0.2) is 8.42 Å². The number of anilines is 2. The van der Waals surface area contributed by atoms with E-state index in [1.165, 1.54) is 4.31 Å². The normalized spacial score (nSPS) is 19.7. The molecule has 172 valence electrons. The number of benzene rings is 1. The van der Waals surface area contributed by atoms with E-state index in [0.29, 0.717) is 25.3 Å². The highest BCUT2D eigenvalue weighted by Crippen LogP contribution is 2.33. The Kier molecular flexibility index (Phi) is 7.26. The van der Waals surface area contributed by atoms with Crippen molar-refractivity contribution in [2.75, 3.05) is 42.9 Å². The van der Waals surface area contributed by atoms with Crippen molar-refractivity contribution in [2.45, 2.75) is 57.9 Å². The quantitative estimate of drug-likeness (QED) is 0.657. The fourth-order valence-electron chi connectivity index (χ4n) is 4.36. The van der Waals surface area contributed by atoms with Crippen molar-refractivity contribution in [1.82, 2.24) is 9.21 Å². The predicted molar refractivity (Wildman–Crippen MR) is 122 cm³/mol. The average molecular weight is 451 g/mol. The zero-order valence-corrected chi connectivity index (χ0v) is 19.7. The molecule has 1 aromatic carbocycles. The lowest BCUT2D eigenvalue weighted by Gasteiger charge is -2.25. The van der Waals surface area contributed by atoms with Gasteiger partial charge < -0.3 is 15.1 Å². The summed E-state index contributed by atoms with van der Waals surface area (Å²) in [5.74, 6) is -0.702. The number of sulfonamides is 1. The molecular weight excluding hydrogens is 416 g/mol. The lowest BCUT2D eigenvalue weighted by molar-refractivity contribution is -0.129. The first-order valence-electron chi connectivity index (χ1n) is 11.2. The maximum absolute atomic E-state index is 13.0. The highest BCUT2D eigenvalue weighted by atomic mass is 32.2. The summed E-state index contributed by atoms with van der Waals surface area (Å²) in [6, 6.07) is 5.03. The minimum absolute atomic E-state index is 0.0206. The minimum atomic E-state index is -3.65. The van der Waals surface area contributed by atoms with Crippen LogP contribution in [0.2, 0.25) is 0 Å². The van der Waals surface area contributed by atoms with E-state index in [9.17, 15) is 18.0 Å². The number of likely N-dealkylation sites (tertiary alicyclic amines) is 1. The van der Waals surface area contributed by atoms with Crippen LogP contribution in [0, 0.1) is 5.92 Å². The molecule has 0 aromatic heterocycles. The van der Waals surface area contributed by atoms with Crippen molar-refractivity contribution < 1.29 is 18.0 Å². The van der Waals surface area contributed by atoms with E-state index in [1.807, 2.05) is 13.8 Å². The lowest BCUT2D eigenvalue weighted by atomic mass is 10.1. The van der Waals surface area contributed by atoms with Gasteiger partial charge in [0.1, 0.15) is 0 Å². The van der Waals surface area contributed by atoms with Crippen LogP contribution >= 0.6 is 0 Å². The Morgan fingerprint density at radius 2 is 1.84 bits per heavy atom. The van der Waals surface area contributed by atoms with E-state index in [4.69, 9.17) is 0 Å². The van der Waals surface area contributed by atoms with Crippen molar-refractivity contribution in [1.29, 1.82) is 0 Å². The van der Waals surface area contributed by atoms with Gasteiger partial charge in [0.25, 0.3) is 0 Å². The molecule has 9 heteroatoms. The van der Waals surface area contributed by atoms with E-state index >= 15 is 0 Å². The van der Waals surface area contributed by atoms with Gasteiger partial charge in [0.2, 0.25) is 21.8 Å². The molecule has 31 heavy (non-hydrogen) atoms. The van der Waals surface area contributed by atoms with Crippen LogP contribution in [0.3, 0.4) is 0 Å². The lowest BCUT2D eigenvalue weighted by Crippen LogP contribution is -2.33. The number of hydrogen-bond acceptors (Lipinski definition) is 5. The molecule has 0 bridgehead atoms. The Morgan fingerprint density at radius 3 is 2.39 bits per heavy atom. The van der Waals surface area contributed by atoms with Crippen molar-refractivity contribution in [3.63, 3.8) is 0 Å². The molecule has 2 aliphatic rings. The second-order valence-corrected chi connectivity index (χ2v) is 10.4. The largest absolute Gasteiger partial charge is 0.370 e. The van der Waals surface area contributed by atoms with E-state index in [-0.39, 0.29) is 29.2 Å². The van der Waals surface area contributed by atoms with E-state index < -0.39 is 15.9 Å². The summed E-state index contributed by atoms with van der Waals surface area (Å²) in [6.45, 7) is 10.4. The summed E-state index contributed by atoms with van der Waals surface area (Å²) in [5, 5.41) is 2.95. The summed E-state index contributed by atoms with van der Waals surface area (Å²) in [7, 11) is -3.65. The van der Waals surface area contributed by atoms with Gasteiger partial charge in [0.05, 0.1) is 22.2 Å². The maximum Gasteiger partial charge on any atom is 0.243 e. The second kappa shape index (κ2) is 9.56. The first kappa shape index (κ1) is 23.5. The number of hydrogen-bond donors (Lipinski definition) is 1. The van der Waals surface area contributed by atoms with Gasteiger partial charge in [-0.05, 0) is 44.9 Å². The molecular formula is C22H34N4O4S. The molecule has 0 spiro atoms. The van der Waals surface area contributed by atoms with Crippen molar-refractivity contribution in [2.24, 2.45) is 5.92 Å². The fourth-order valence-corrected chi connectivity index (χ4v) is 5.85. The molecule has 2 heterocycles. The third-order valence-corrected chi connectivity index (χ3v) is 8.21. The van der Waals surface area contributed by atoms with Crippen LogP contribution in [0.5, 0.6) is 0 Å². The molecule has 2 amide bonds. The van der Waals surface area contributed by atoms with Crippen molar-refractivity contribution >= 4 is 33.2 Å². The molecule has 1 atom stereocenters. The topological polar surface area (TPSA) is 90.0 Å². The number of nitrogens with one attached hydrogen (secondary N) is 1. The summed E-state index contributed by atoms with van der Waals surface area (Å²) >= 11 is 0. The Labute approximate surface area is 185 Å². The van der Waals surface area contributed by atoms with Crippen LogP contribution in [0.15, 0.2) is 23.1 Å². The summed E-state index contributed by atoms with van der Waals surface area (Å²) in [5.41, 5.74) is 1.32. The summed E-state index contributed by atoms with van der Waals surface area (Å²) in [4.78, 5) is 29.3. The van der Waals surface area contributed by atoms with Crippen molar-refractivity contribution in [3.8, 4) is 0 Å². The van der Waals surface area contributed by atoms with Gasteiger partial charge in [-0.3, -0.25) is 9.59 Å². The first-order valence-corrected chi connectivity index (χ1v) is 12.6. The zero-order valence-electron chi connectivity index (χ0n) is 18.9. The van der Waals surface area contributed by atoms with Crippen LogP contribution < -0.4 is 10.2 Å². The molecule has 2 saturated heterocycles. The Balaban J connectivity index is 1.91. The average Bonchev–Trinajstić information content (AvgIpc) is 3.38. The van der Waals surface area contributed by atoms with Gasteiger partial charge in [0, 0.05) is 45.2 Å². The SMILES string of the molecule is CCN(CC)S(=O)(=O)c1ccc(N2CCCC2)c(NC(=O)C2CC(=O)N(C(C)C)C2)c1. The van der Waals surface area contributed by atoms with Gasteiger partial charge in [0.15, 0.2) is 0 Å². The monoisotopic (exact) mass is 450 g/mol. The molecule has 2 aliphatic heterocycles. The van der Waals surface area contributed by atoms with Gasteiger partial charge in [-0.2, -0.15) is 4.31 Å². The van der Waals surface area contributed by atoms with Gasteiger partial charge >= 0.3 is 0 Å². The third kappa shape index (κ3) is 4.87. The number of amides is 2. The smallest absolute Gasteiger partial charge is 0.243 e. The number of carbonyl (C=O) groups is 2. The molecule has 1 aromatic rings. The van der Waals surface area contributed by atoms with Crippen LogP contribution in [-0.4, -0.2) is 68.2 Å². The minimum Gasteiger partial charge on any atom is -0.370 e. The molecule has 8 nitrogen and oxygen atoms in total. The first-order chi connectivity index (χ1) is 14.7. The zero-order chi connectivity index (χ0) is 22.8. The Bertz CT molecular complexity index is 921. The van der Waals surface area contributed by atoms with Gasteiger partial charge in [-0.1, -0.05) is 13.8 Å². The molecule has 2 fully saturated rings. The van der Waals surface area contributed by atoms with Crippen LogP contribution in [0.1, 0.15) is 47.0 Å². The maximum atomic E-state index is 13.0. The van der Waals surface area contributed by atoms with Gasteiger partial charge in [-0.15, -0.1) is 0 Å². The number of rotatable bonds is 8. The molecule has 0 aliphatic carbocycles. The van der Waals surface area contributed by atoms with Crippen molar-refractivity contribution in [3.05, 3.63) is 18.2 Å². The summed E-state index contributed by atoms with van der Waals surface area (Å²) in [6.07, 6.45) is 2.31. The fraction of sp³-hybridized carbons (Fsp3) is 0.636. The standard InChI is InChI=1S/C22H34N4O4S/c1-5-25(6-2)31(29,30)18-9-10-20(24-11-7-8-12-24)19(14-18)23-22(28)17-13-21(27)26(15-17)16(3)4/h9-10,14,16-17H,5-8,11-13,15H2,1-4H3,(H,23,28). The van der Waals surface area contributed by atoms with E-state index in [2.05, 4.69) is 10.2 Å². The second-order valence-electron chi connectivity index (χ2n) is 8.49. The highest BCUT2D eigenvalue weighted by Gasteiger charge is 2.36. The number of carbonyl (C=O) groups excluding carboxylic acids is 2. The van der Waals surface area contributed by atoms with E-state index in [1.54, 1.807) is 36.9 Å². The summed E-state index contributed by atoms with van der Waals surface area (Å²) < 4.78 is 27.5. The van der Waals surface area contributed by atoms with Crippen LogP contribution in [0.4, 0.5) is 11.4 Å². The molecule has 0 saturated carbocycles. The van der Waals surface area contributed by atoms with Crippen LogP contribution in [-0.2, 0) is 19.6 Å². The Hall–Kier alpha value is -2.13. The van der Waals surface area contributed by atoms with E-state index in [0.717, 1.165) is 31.6 Å². The predicted octanol–water partition coefficient (Wildman–Crippen LogP) is 2.51. The van der Waals surface area contributed by atoms with Crippen LogP contribution in [0.25, 0.3) is 0 Å². The Morgan fingerprint density at radius 1 is 1.19 bits per heavy atom. The molecule has 0 radical (unpaired) electrons. The molecule has 3 rings (SSSR count). The number of nitrogens with zero attached hydrogens (tertiary/aromatic N) is 3. The highest BCUT2D eigenvalue weighted by molar-refractivity contribution is 7.89.